The lowest BCUT2D eigenvalue weighted by molar-refractivity contribution is 0.690. The van der Waals surface area contributed by atoms with Crippen molar-refractivity contribution in [1.29, 1.82) is 0 Å². The van der Waals surface area contributed by atoms with Gasteiger partial charge in [-0.05, 0) is 119 Å². The van der Waals surface area contributed by atoms with Gasteiger partial charge in [-0.3, -0.25) is 0 Å². The molecular weight excluding hydrogens is 593 g/mol. The first kappa shape index (κ1) is 27.4. The molecule has 0 N–H and O–H groups in total. The van der Waals surface area contributed by atoms with Crippen LogP contribution in [-0.4, -0.2) is 9.13 Å². The zero-order valence-electron chi connectivity index (χ0n) is 27.7. The lowest BCUT2D eigenvalue weighted by atomic mass is 9.93. The predicted octanol–water partition coefficient (Wildman–Crippen LogP) is 12.1. The molecule has 0 spiro atoms. The molecule has 5 aromatic carbocycles. The van der Waals surface area contributed by atoms with Crippen LogP contribution in [0.3, 0.4) is 0 Å². The smallest absolute Gasteiger partial charge is 0.0538 e. The summed E-state index contributed by atoms with van der Waals surface area (Å²) in [6.07, 6.45) is 19.8. The molecule has 2 heteroatoms. The molecule has 4 aliphatic carbocycles. The van der Waals surface area contributed by atoms with E-state index in [2.05, 4.69) is 150 Å². The van der Waals surface area contributed by atoms with Crippen molar-refractivity contribution in [3.05, 3.63) is 155 Å². The largest absolute Gasteiger partial charge is 0.313 e. The van der Waals surface area contributed by atoms with E-state index >= 15 is 0 Å². The maximum atomic E-state index is 2.58. The van der Waals surface area contributed by atoms with Gasteiger partial charge in [-0.1, -0.05) is 98.0 Å². The summed E-state index contributed by atoms with van der Waals surface area (Å²) < 4.78 is 5.07. The average Bonchev–Trinajstić information content (AvgIpc) is 3.78. The molecule has 0 saturated heterocycles. The van der Waals surface area contributed by atoms with Crippen molar-refractivity contribution < 1.29 is 0 Å². The Balaban J connectivity index is 1.10. The SMILES string of the molecule is CC1C=Cc2c(n(-c3ccccc3)c3ccc(-c4ccc5c(c4)c4c(n5-c5ccc6c7c(cccc57)C5=CCCC=C56)CCC=C4)cc23)C1. The molecule has 49 heavy (non-hydrogen) atoms. The van der Waals surface area contributed by atoms with Gasteiger partial charge in [-0.15, -0.1) is 0 Å². The van der Waals surface area contributed by atoms with Crippen LogP contribution < -0.4 is 0 Å². The Morgan fingerprint density at radius 1 is 0.592 bits per heavy atom. The molecule has 11 rings (SSSR count). The van der Waals surface area contributed by atoms with Gasteiger partial charge in [-0.25, -0.2) is 0 Å². The third kappa shape index (κ3) is 3.83. The Kier molecular flexibility index (Phi) is 5.70. The molecule has 0 radical (unpaired) electrons. The topological polar surface area (TPSA) is 9.86 Å². The highest BCUT2D eigenvalue weighted by Crippen LogP contribution is 2.50. The van der Waals surface area contributed by atoms with Crippen molar-refractivity contribution in [2.45, 2.75) is 39.0 Å². The van der Waals surface area contributed by atoms with Crippen LogP contribution in [0.2, 0.25) is 0 Å². The van der Waals surface area contributed by atoms with Crippen molar-refractivity contribution in [3.8, 4) is 22.5 Å². The number of fused-ring (bicyclic) bond motifs is 9. The minimum absolute atomic E-state index is 0.529. The fraction of sp³-hybridized carbons (Fsp3) is 0.149. The summed E-state index contributed by atoms with van der Waals surface area (Å²) in [5.41, 5.74) is 18.9. The number of nitrogens with zero attached hydrogens (tertiary/aromatic N) is 2. The molecule has 0 bridgehead atoms. The number of hydrogen-bond acceptors (Lipinski definition) is 0. The van der Waals surface area contributed by atoms with Gasteiger partial charge in [0.2, 0.25) is 0 Å². The van der Waals surface area contributed by atoms with E-state index in [4.69, 9.17) is 0 Å². The van der Waals surface area contributed by atoms with Gasteiger partial charge >= 0.3 is 0 Å². The van der Waals surface area contributed by atoms with Gasteiger partial charge in [0, 0.05) is 44.4 Å². The molecule has 0 aliphatic heterocycles. The molecule has 0 fully saturated rings. The first-order valence-electron chi connectivity index (χ1n) is 18.0. The second kappa shape index (κ2) is 10.2. The molecule has 1 atom stereocenters. The Labute approximate surface area is 286 Å². The highest BCUT2D eigenvalue weighted by atomic mass is 15.0. The van der Waals surface area contributed by atoms with Crippen LogP contribution in [0, 0.1) is 5.92 Å². The Hall–Kier alpha value is -5.60. The zero-order valence-corrected chi connectivity index (χ0v) is 27.7. The average molecular weight is 629 g/mol. The summed E-state index contributed by atoms with van der Waals surface area (Å²) in [6.45, 7) is 2.32. The fourth-order valence-electron chi connectivity index (χ4n) is 9.34. The minimum Gasteiger partial charge on any atom is -0.313 e. The third-order valence-electron chi connectivity index (χ3n) is 11.5. The normalized spacial score (nSPS) is 17.4. The summed E-state index contributed by atoms with van der Waals surface area (Å²) in [5.74, 6) is 0.529. The summed E-state index contributed by atoms with van der Waals surface area (Å²) in [5, 5.41) is 5.44. The van der Waals surface area contributed by atoms with Crippen LogP contribution in [0.25, 0.3) is 78.4 Å². The molecule has 0 amide bonds. The van der Waals surface area contributed by atoms with E-state index in [0.717, 1.165) is 32.1 Å². The number of rotatable bonds is 3. The highest BCUT2D eigenvalue weighted by molar-refractivity contribution is 6.23. The van der Waals surface area contributed by atoms with E-state index in [9.17, 15) is 0 Å². The molecule has 2 heterocycles. The van der Waals surface area contributed by atoms with E-state index in [1.807, 2.05) is 0 Å². The van der Waals surface area contributed by atoms with Crippen molar-refractivity contribution in [2.24, 2.45) is 5.92 Å². The predicted molar refractivity (Wildman–Crippen MR) is 207 cm³/mol. The molecule has 0 saturated carbocycles. The molecule has 234 valence electrons. The van der Waals surface area contributed by atoms with Gasteiger partial charge in [0.1, 0.15) is 0 Å². The maximum absolute atomic E-state index is 2.58. The van der Waals surface area contributed by atoms with Crippen molar-refractivity contribution in [3.63, 3.8) is 0 Å². The Morgan fingerprint density at radius 3 is 2.08 bits per heavy atom. The van der Waals surface area contributed by atoms with Gasteiger partial charge in [0.25, 0.3) is 0 Å². The van der Waals surface area contributed by atoms with Crippen LogP contribution >= 0.6 is 0 Å². The highest BCUT2D eigenvalue weighted by Gasteiger charge is 2.28. The van der Waals surface area contributed by atoms with Crippen LogP contribution in [0.1, 0.15) is 59.8 Å². The van der Waals surface area contributed by atoms with Crippen molar-refractivity contribution in [1.82, 2.24) is 9.13 Å². The Bertz CT molecular complexity index is 2660. The summed E-state index contributed by atoms with van der Waals surface area (Å²) >= 11 is 0. The van der Waals surface area contributed by atoms with Gasteiger partial charge in [-0.2, -0.15) is 0 Å². The van der Waals surface area contributed by atoms with Crippen LogP contribution in [-0.2, 0) is 12.8 Å². The second-order valence-corrected chi connectivity index (χ2v) is 14.3. The van der Waals surface area contributed by atoms with E-state index in [1.54, 1.807) is 0 Å². The number of hydrogen-bond donors (Lipinski definition) is 0. The lowest BCUT2D eigenvalue weighted by Gasteiger charge is -2.17. The number of para-hydroxylation sites is 1. The van der Waals surface area contributed by atoms with Crippen LogP contribution in [0.5, 0.6) is 0 Å². The molecule has 1 unspecified atom stereocenters. The van der Waals surface area contributed by atoms with E-state index < -0.39 is 0 Å². The number of allylic oxidation sites excluding steroid dienone is 6. The molecule has 4 aliphatic rings. The van der Waals surface area contributed by atoms with E-state index in [1.165, 1.54) is 99.9 Å². The minimum atomic E-state index is 0.529. The van der Waals surface area contributed by atoms with Gasteiger partial charge < -0.3 is 9.13 Å². The van der Waals surface area contributed by atoms with Gasteiger partial charge in [0.05, 0.1) is 16.7 Å². The second-order valence-electron chi connectivity index (χ2n) is 14.3. The molecule has 7 aromatic rings. The van der Waals surface area contributed by atoms with E-state index in [0.29, 0.717) is 5.92 Å². The molecular formula is C47H36N2. The fourth-order valence-corrected chi connectivity index (χ4v) is 9.34. The monoisotopic (exact) mass is 628 g/mol. The number of benzene rings is 5. The maximum Gasteiger partial charge on any atom is 0.0538 e. The lowest BCUT2D eigenvalue weighted by Crippen LogP contribution is -2.08. The molecule has 2 nitrogen and oxygen atoms in total. The third-order valence-corrected chi connectivity index (χ3v) is 11.5. The quantitative estimate of drug-likeness (QED) is 0.184. The summed E-state index contributed by atoms with van der Waals surface area (Å²) in [7, 11) is 0. The van der Waals surface area contributed by atoms with Crippen LogP contribution in [0.4, 0.5) is 0 Å². The Morgan fingerprint density at radius 2 is 1.31 bits per heavy atom. The van der Waals surface area contributed by atoms with Crippen LogP contribution in [0.15, 0.2) is 121 Å². The summed E-state index contributed by atoms with van der Waals surface area (Å²) in [4.78, 5) is 0. The van der Waals surface area contributed by atoms with Gasteiger partial charge in [0.15, 0.2) is 0 Å². The number of aromatic nitrogens is 2. The van der Waals surface area contributed by atoms with Crippen molar-refractivity contribution in [2.75, 3.05) is 0 Å². The zero-order chi connectivity index (χ0) is 32.2. The van der Waals surface area contributed by atoms with Crippen molar-refractivity contribution >= 4 is 55.9 Å². The first-order chi connectivity index (χ1) is 24.2. The summed E-state index contributed by atoms with van der Waals surface area (Å²) in [6, 6.07) is 36.8. The molecule has 2 aromatic heterocycles. The van der Waals surface area contributed by atoms with E-state index in [-0.39, 0.29) is 0 Å². The standard InChI is InChI=1S/C47H36N2/c1-29-18-21-36-41-28-30(19-23-44(41)48(46(36)26-29)32-10-3-2-4-11-32)31-20-24-45-40(27-31)35-14-7-8-17-42(35)49(45)43-25-22-38-34-13-6-5-12-33(34)37-15-9-16-39(43)47(37)38/h2-4,7,9-16,18-25,27-29H,5-6,8,17,26H2,1H3. The first-order valence-corrected chi connectivity index (χ1v) is 18.0.